The Morgan fingerprint density at radius 1 is 0.721 bits per heavy atom. The largest absolute Gasteiger partial charge is 0.328 e. The maximum Gasteiger partial charge on any atom is 0.155 e. The lowest BCUT2D eigenvalue weighted by atomic mass is 9.73. The number of nitrogens with zero attached hydrogens (tertiary/aromatic N) is 4. The van der Waals surface area contributed by atoms with Crippen LogP contribution in [-0.2, 0) is 0 Å². The van der Waals surface area contributed by atoms with Crippen molar-refractivity contribution in [3.8, 4) is 11.3 Å². The number of hydrogen-bond donors (Lipinski definition) is 1. The van der Waals surface area contributed by atoms with E-state index in [0.29, 0.717) is 22.9 Å². The van der Waals surface area contributed by atoms with Crippen molar-refractivity contribution in [2.24, 2.45) is 21.8 Å². The third kappa shape index (κ3) is 6.38. The molecule has 3 fully saturated rings. The summed E-state index contributed by atoms with van der Waals surface area (Å²) in [6, 6.07) is 10.4. The summed E-state index contributed by atoms with van der Waals surface area (Å²) in [5.41, 5.74) is 5.53. The number of amidine groups is 2. The Morgan fingerprint density at radius 2 is 1.44 bits per heavy atom. The molecule has 3 atom stereocenters. The normalized spacial score (nSPS) is 27.2. The van der Waals surface area contributed by atoms with Gasteiger partial charge in [0.25, 0.3) is 0 Å². The monoisotopic (exact) mass is 595 g/mol. The van der Waals surface area contributed by atoms with Crippen molar-refractivity contribution >= 4 is 23.3 Å². The Hall–Kier alpha value is -2.79. The summed E-state index contributed by atoms with van der Waals surface area (Å²) in [5.74, 6) is 3.80. The van der Waals surface area contributed by atoms with Gasteiger partial charge in [0.15, 0.2) is 5.15 Å². The molecule has 43 heavy (non-hydrogen) atoms. The van der Waals surface area contributed by atoms with Gasteiger partial charge in [-0.05, 0) is 56.9 Å². The number of rotatable bonds is 6. The van der Waals surface area contributed by atoms with E-state index in [-0.39, 0.29) is 12.1 Å². The molecule has 2 aromatic rings. The Labute approximate surface area is 262 Å². The molecule has 5 aliphatic rings. The topological polar surface area (TPSA) is 62.5 Å². The zero-order chi connectivity index (χ0) is 29.0. The molecule has 6 heteroatoms. The molecule has 0 spiro atoms. The van der Waals surface area contributed by atoms with Crippen LogP contribution >= 0.6 is 11.6 Å². The van der Waals surface area contributed by atoms with Crippen LogP contribution in [0.5, 0.6) is 0 Å². The summed E-state index contributed by atoms with van der Waals surface area (Å²) in [6.07, 6.45) is 26.0. The smallest absolute Gasteiger partial charge is 0.155 e. The van der Waals surface area contributed by atoms with Crippen molar-refractivity contribution in [2.45, 2.75) is 121 Å². The van der Waals surface area contributed by atoms with Crippen molar-refractivity contribution in [3.05, 3.63) is 70.7 Å². The van der Waals surface area contributed by atoms with Gasteiger partial charge in [0.1, 0.15) is 23.5 Å². The molecule has 0 amide bonds. The van der Waals surface area contributed by atoms with Crippen LogP contribution in [0.4, 0.5) is 0 Å². The first kappa shape index (κ1) is 29.0. The fourth-order valence-electron chi connectivity index (χ4n) is 8.25. The average molecular weight is 596 g/mol. The van der Waals surface area contributed by atoms with Crippen molar-refractivity contribution in [1.82, 2.24) is 15.3 Å². The molecule has 1 aliphatic heterocycles. The highest BCUT2D eigenvalue weighted by molar-refractivity contribution is 6.31. The number of allylic oxidation sites excluding steroid dienone is 3. The first-order chi connectivity index (χ1) is 21.2. The minimum absolute atomic E-state index is 0.0814. The van der Waals surface area contributed by atoms with Crippen molar-refractivity contribution in [1.29, 1.82) is 0 Å². The summed E-state index contributed by atoms with van der Waals surface area (Å²) in [5, 5.41) is 4.31. The molecule has 5 nitrogen and oxygen atoms in total. The molecule has 0 radical (unpaired) electrons. The zero-order valence-electron chi connectivity index (χ0n) is 25.5. The minimum Gasteiger partial charge on any atom is -0.328 e. The van der Waals surface area contributed by atoms with E-state index in [1.165, 1.54) is 94.2 Å². The van der Waals surface area contributed by atoms with Gasteiger partial charge in [0, 0.05) is 29.2 Å². The van der Waals surface area contributed by atoms with Crippen LogP contribution in [0.3, 0.4) is 0 Å². The van der Waals surface area contributed by atoms with Gasteiger partial charge in [-0.3, -0.25) is 0 Å². The van der Waals surface area contributed by atoms with Crippen LogP contribution in [0.25, 0.3) is 11.3 Å². The van der Waals surface area contributed by atoms with Crippen LogP contribution in [0.1, 0.15) is 126 Å². The van der Waals surface area contributed by atoms with Crippen molar-refractivity contribution in [3.63, 3.8) is 0 Å². The Morgan fingerprint density at radius 3 is 2.19 bits per heavy atom. The van der Waals surface area contributed by atoms with E-state index in [0.717, 1.165) is 48.5 Å². The Bertz CT molecular complexity index is 1400. The molecule has 1 aromatic carbocycles. The van der Waals surface area contributed by atoms with E-state index in [1.807, 2.05) is 6.07 Å². The number of aliphatic imine (C=N–C) groups is 2. The fraction of sp³-hybridized carbons (Fsp3) is 0.568. The fourth-order valence-corrected chi connectivity index (χ4v) is 8.49. The highest BCUT2D eigenvalue weighted by atomic mass is 35.5. The van der Waals surface area contributed by atoms with Crippen LogP contribution in [-0.4, -0.2) is 27.8 Å². The van der Waals surface area contributed by atoms with Crippen molar-refractivity contribution in [2.75, 3.05) is 0 Å². The lowest BCUT2D eigenvalue weighted by Crippen LogP contribution is -2.44. The van der Waals surface area contributed by atoms with Crippen LogP contribution in [0.2, 0.25) is 5.15 Å². The molecule has 0 bridgehead atoms. The van der Waals surface area contributed by atoms with E-state index in [2.05, 4.69) is 47.8 Å². The molecule has 2 heterocycles. The van der Waals surface area contributed by atoms with Gasteiger partial charge in [-0.2, -0.15) is 0 Å². The van der Waals surface area contributed by atoms with Gasteiger partial charge in [-0.15, -0.1) is 0 Å². The van der Waals surface area contributed by atoms with Crippen LogP contribution < -0.4 is 5.32 Å². The van der Waals surface area contributed by atoms with Gasteiger partial charge < -0.3 is 5.32 Å². The highest BCUT2D eigenvalue weighted by Crippen LogP contribution is 2.46. The van der Waals surface area contributed by atoms with Crippen molar-refractivity contribution < 1.29 is 0 Å². The Balaban J connectivity index is 1.31. The molecular weight excluding hydrogens is 550 g/mol. The van der Waals surface area contributed by atoms with Crippen LogP contribution in [0.15, 0.2) is 64.1 Å². The highest BCUT2D eigenvalue weighted by Gasteiger charge is 2.39. The summed E-state index contributed by atoms with van der Waals surface area (Å²) in [4.78, 5) is 21.6. The van der Waals surface area contributed by atoms with E-state index < -0.39 is 0 Å². The van der Waals surface area contributed by atoms with Gasteiger partial charge in [0.05, 0.1) is 11.4 Å². The number of benzene rings is 1. The number of halogens is 1. The third-order valence-corrected chi connectivity index (χ3v) is 10.9. The molecule has 7 rings (SSSR count). The number of hydrogen-bond acceptors (Lipinski definition) is 5. The molecular formula is C37H46ClN5. The lowest BCUT2D eigenvalue weighted by Gasteiger charge is -2.38. The van der Waals surface area contributed by atoms with Crippen LogP contribution in [0, 0.1) is 11.8 Å². The first-order valence-electron chi connectivity index (χ1n) is 17.2. The van der Waals surface area contributed by atoms with E-state index in [9.17, 15) is 0 Å². The minimum atomic E-state index is -0.0814. The molecule has 1 N–H and O–H groups in total. The summed E-state index contributed by atoms with van der Waals surface area (Å²) in [7, 11) is 0. The molecule has 4 aliphatic carbocycles. The molecule has 1 aromatic heterocycles. The third-order valence-electron chi connectivity index (χ3n) is 10.6. The first-order valence-corrected chi connectivity index (χ1v) is 17.5. The second-order valence-electron chi connectivity index (χ2n) is 13.4. The predicted octanol–water partition coefficient (Wildman–Crippen LogP) is 9.70. The SMILES string of the molecule is Clc1nc(C2CCCCC2)c(C2CCCCC2C2N=C(C3=CC=CCC3)NC(C3CCCCC3)=N2)nc1-c1ccccc1. The molecule has 3 saturated carbocycles. The standard InChI is InChI=1S/C37H46ClN5/c38-34-32(26-17-7-2-8-18-26)39-33(31(40-34)25-15-5-1-6-16-25)29-23-13-14-24-30(29)37-42-35(27-19-9-3-10-20-27)41-36(43-37)28-21-11-4-12-22-28/h2-3,7-9,17-19,25,28-30,37H,1,4-6,10-16,20-24H2,(H,41,42,43). The Kier molecular flexibility index (Phi) is 9.06. The predicted molar refractivity (Wildman–Crippen MR) is 178 cm³/mol. The molecule has 0 saturated heterocycles. The summed E-state index contributed by atoms with van der Waals surface area (Å²) >= 11 is 6.95. The van der Waals surface area contributed by atoms with E-state index in [1.54, 1.807) is 0 Å². The maximum absolute atomic E-state index is 6.95. The maximum atomic E-state index is 6.95. The van der Waals surface area contributed by atoms with Gasteiger partial charge >= 0.3 is 0 Å². The van der Waals surface area contributed by atoms with Gasteiger partial charge in [-0.25, -0.2) is 20.0 Å². The second-order valence-corrected chi connectivity index (χ2v) is 13.8. The van der Waals surface area contributed by atoms with E-state index >= 15 is 0 Å². The quantitative estimate of drug-likeness (QED) is 0.361. The number of nitrogens with one attached hydrogen (secondary N) is 1. The van der Waals surface area contributed by atoms with Gasteiger partial charge in [0.2, 0.25) is 0 Å². The lowest BCUT2D eigenvalue weighted by molar-refractivity contribution is 0.257. The summed E-state index contributed by atoms with van der Waals surface area (Å²) < 4.78 is 0. The molecule has 3 unspecified atom stereocenters. The number of aromatic nitrogens is 2. The molecule has 226 valence electrons. The second kappa shape index (κ2) is 13.5. The average Bonchev–Trinajstić information content (AvgIpc) is 3.09. The van der Waals surface area contributed by atoms with Gasteiger partial charge in [-0.1, -0.05) is 112 Å². The zero-order valence-corrected chi connectivity index (χ0v) is 26.2. The van der Waals surface area contributed by atoms with E-state index in [4.69, 9.17) is 31.6 Å². The summed E-state index contributed by atoms with van der Waals surface area (Å²) in [6.45, 7) is 0.